The molecule has 0 aromatic carbocycles. The van der Waals surface area contributed by atoms with E-state index >= 15 is 0 Å². The van der Waals surface area contributed by atoms with Crippen LogP contribution in [0.5, 0.6) is 0 Å². The van der Waals surface area contributed by atoms with E-state index in [-0.39, 0.29) is 5.41 Å². The number of nitrogens with two attached hydrogens (primary N) is 1. The van der Waals surface area contributed by atoms with Crippen LogP contribution in [-0.4, -0.2) is 6.21 Å². The fourth-order valence-electron chi connectivity index (χ4n) is 0.224. The quantitative estimate of drug-likeness (QED) is 0.275. The summed E-state index contributed by atoms with van der Waals surface area (Å²) in [7, 11) is 0. The lowest BCUT2D eigenvalue weighted by Crippen LogP contribution is -2.07. The van der Waals surface area contributed by atoms with Crippen molar-refractivity contribution in [3.8, 4) is 0 Å². The highest BCUT2D eigenvalue weighted by Crippen LogP contribution is 2.06. The molecule has 42 valence electrons. The molecule has 0 saturated carbocycles. The number of nitrogens with zero attached hydrogens (tertiary/aromatic N) is 1. The van der Waals surface area contributed by atoms with Crippen molar-refractivity contribution in [2.24, 2.45) is 16.4 Å². The molecule has 0 aromatic heterocycles. The Morgan fingerprint density at radius 2 is 1.86 bits per heavy atom. The lowest BCUT2D eigenvalue weighted by molar-refractivity contribution is 0.605. The second-order valence-corrected chi connectivity index (χ2v) is 2.64. The van der Waals surface area contributed by atoms with Gasteiger partial charge in [0.25, 0.3) is 0 Å². The SMILES string of the molecule is CC(C)(C)/C=N/N. The number of hydrogen-bond acceptors (Lipinski definition) is 2. The van der Waals surface area contributed by atoms with Crippen LogP contribution in [0, 0.1) is 5.41 Å². The Morgan fingerprint density at radius 3 is 1.86 bits per heavy atom. The van der Waals surface area contributed by atoms with Crippen molar-refractivity contribution in [2.45, 2.75) is 20.8 Å². The monoisotopic (exact) mass is 100 g/mol. The number of hydrazone groups is 1. The first-order valence-corrected chi connectivity index (χ1v) is 2.31. The van der Waals surface area contributed by atoms with Crippen molar-refractivity contribution in [1.29, 1.82) is 0 Å². The first kappa shape index (κ1) is 6.47. The summed E-state index contributed by atoms with van der Waals surface area (Å²) in [6, 6.07) is 0. The van der Waals surface area contributed by atoms with Gasteiger partial charge in [-0.2, -0.15) is 5.10 Å². The van der Waals surface area contributed by atoms with Crippen molar-refractivity contribution in [2.75, 3.05) is 0 Å². The van der Waals surface area contributed by atoms with Crippen LogP contribution in [0.3, 0.4) is 0 Å². The fraction of sp³-hybridized carbons (Fsp3) is 0.800. The van der Waals surface area contributed by atoms with E-state index in [4.69, 9.17) is 5.84 Å². The van der Waals surface area contributed by atoms with Gasteiger partial charge in [0.15, 0.2) is 0 Å². The summed E-state index contributed by atoms with van der Waals surface area (Å²) in [5, 5.41) is 3.38. The lowest BCUT2D eigenvalue weighted by Gasteiger charge is -2.07. The molecule has 0 radical (unpaired) electrons. The van der Waals surface area contributed by atoms with E-state index in [2.05, 4.69) is 5.10 Å². The fourth-order valence-corrected chi connectivity index (χ4v) is 0.224. The molecule has 0 aliphatic rings. The Labute approximate surface area is 44.4 Å². The van der Waals surface area contributed by atoms with Gasteiger partial charge in [-0.05, 0) is 5.41 Å². The molecule has 0 fully saturated rings. The third-order valence-electron chi connectivity index (χ3n) is 0.462. The molecule has 0 amide bonds. The van der Waals surface area contributed by atoms with E-state index in [1.165, 1.54) is 0 Å². The summed E-state index contributed by atoms with van der Waals surface area (Å²) >= 11 is 0. The average Bonchev–Trinajstić information content (AvgIpc) is 1.30. The summed E-state index contributed by atoms with van der Waals surface area (Å²) in [6.07, 6.45) is 1.72. The minimum atomic E-state index is 0.134. The van der Waals surface area contributed by atoms with Gasteiger partial charge < -0.3 is 5.84 Å². The maximum Gasteiger partial charge on any atom is 0.0293 e. The van der Waals surface area contributed by atoms with Crippen LogP contribution in [0.15, 0.2) is 5.10 Å². The first-order valence-electron chi connectivity index (χ1n) is 2.31. The van der Waals surface area contributed by atoms with E-state index in [9.17, 15) is 0 Å². The summed E-state index contributed by atoms with van der Waals surface area (Å²) in [5.41, 5.74) is 0.134. The molecule has 0 atom stereocenters. The highest BCUT2D eigenvalue weighted by atomic mass is 15.1. The Morgan fingerprint density at radius 1 is 1.43 bits per heavy atom. The molecule has 0 aromatic rings. The van der Waals surface area contributed by atoms with Crippen LogP contribution < -0.4 is 5.84 Å². The molecule has 0 aliphatic heterocycles. The minimum absolute atomic E-state index is 0.134. The third-order valence-corrected chi connectivity index (χ3v) is 0.462. The smallest absolute Gasteiger partial charge is 0.0293 e. The average molecular weight is 100 g/mol. The molecular formula is C5H12N2. The first-order chi connectivity index (χ1) is 3.06. The third kappa shape index (κ3) is 5.47. The van der Waals surface area contributed by atoms with Crippen LogP contribution >= 0.6 is 0 Å². The van der Waals surface area contributed by atoms with Gasteiger partial charge in [-0.25, -0.2) is 0 Å². The van der Waals surface area contributed by atoms with Crippen molar-refractivity contribution >= 4 is 6.21 Å². The molecule has 0 bridgehead atoms. The molecule has 0 rings (SSSR count). The molecule has 0 heterocycles. The van der Waals surface area contributed by atoms with Gasteiger partial charge >= 0.3 is 0 Å². The van der Waals surface area contributed by atoms with Gasteiger partial charge in [0.05, 0.1) is 0 Å². The van der Waals surface area contributed by atoms with Gasteiger partial charge in [-0.15, -0.1) is 0 Å². The van der Waals surface area contributed by atoms with E-state index in [0.717, 1.165) is 0 Å². The van der Waals surface area contributed by atoms with Crippen LogP contribution in [0.2, 0.25) is 0 Å². The second-order valence-electron chi connectivity index (χ2n) is 2.64. The predicted octanol–water partition coefficient (Wildman–Crippen LogP) is 0.977. The Hall–Kier alpha value is -0.530. The maximum atomic E-state index is 4.88. The molecule has 0 saturated heterocycles. The van der Waals surface area contributed by atoms with Gasteiger partial charge in [0, 0.05) is 6.21 Å². The summed E-state index contributed by atoms with van der Waals surface area (Å²) in [5.74, 6) is 4.88. The zero-order valence-corrected chi connectivity index (χ0v) is 5.10. The van der Waals surface area contributed by atoms with E-state index < -0.39 is 0 Å². The Bertz CT molecular complexity index is 68.6. The molecule has 0 unspecified atom stereocenters. The van der Waals surface area contributed by atoms with E-state index in [1.807, 2.05) is 20.8 Å². The van der Waals surface area contributed by atoms with E-state index in [0.29, 0.717) is 0 Å². The molecule has 7 heavy (non-hydrogen) atoms. The predicted molar refractivity (Wildman–Crippen MR) is 32.1 cm³/mol. The van der Waals surface area contributed by atoms with Gasteiger partial charge in [0.2, 0.25) is 0 Å². The minimum Gasteiger partial charge on any atom is -0.324 e. The van der Waals surface area contributed by atoms with Crippen LogP contribution in [-0.2, 0) is 0 Å². The van der Waals surface area contributed by atoms with Crippen molar-refractivity contribution in [1.82, 2.24) is 0 Å². The van der Waals surface area contributed by atoms with Crippen LogP contribution in [0.1, 0.15) is 20.8 Å². The molecular weight excluding hydrogens is 88.1 g/mol. The highest BCUT2D eigenvalue weighted by molar-refractivity contribution is 5.63. The Balaban J connectivity index is 3.56. The second kappa shape index (κ2) is 1.96. The number of rotatable bonds is 0. The van der Waals surface area contributed by atoms with Gasteiger partial charge in [-0.3, -0.25) is 0 Å². The molecule has 2 heteroatoms. The lowest BCUT2D eigenvalue weighted by atomic mass is 9.99. The largest absolute Gasteiger partial charge is 0.324 e. The van der Waals surface area contributed by atoms with E-state index in [1.54, 1.807) is 6.21 Å². The van der Waals surface area contributed by atoms with Crippen molar-refractivity contribution in [3.63, 3.8) is 0 Å². The zero-order chi connectivity index (χ0) is 5.91. The highest BCUT2D eigenvalue weighted by Gasteiger charge is 2.03. The zero-order valence-electron chi connectivity index (χ0n) is 5.10. The van der Waals surface area contributed by atoms with Crippen molar-refractivity contribution in [3.05, 3.63) is 0 Å². The van der Waals surface area contributed by atoms with Crippen molar-refractivity contribution < 1.29 is 0 Å². The van der Waals surface area contributed by atoms with Crippen LogP contribution in [0.25, 0.3) is 0 Å². The number of hydrogen-bond donors (Lipinski definition) is 1. The Kier molecular flexibility index (Phi) is 1.81. The normalized spacial score (nSPS) is 13.0. The summed E-state index contributed by atoms with van der Waals surface area (Å²) in [4.78, 5) is 0. The van der Waals surface area contributed by atoms with Crippen LogP contribution in [0.4, 0.5) is 0 Å². The molecule has 0 aliphatic carbocycles. The topological polar surface area (TPSA) is 38.4 Å². The maximum absolute atomic E-state index is 4.88. The molecule has 0 spiro atoms. The molecule has 2 N–H and O–H groups in total. The van der Waals surface area contributed by atoms with Gasteiger partial charge in [-0.1, -0.05) is 20.8 Å². The summed E-state index contributed by atoms with van der Waals surface area (Å²) < 4.78 is 0. The molecule has 2 nitrogen and oxygen atoms in total. The van der Waals surface area contributed by atoms with Gasteiger partial charge in [0.1, 0.15) is 0 Å². The summed E-state index contributed by atoms with van der Waals surface area (Å²) in [6.45, 7) is 6.14. The standard InChI is InChI=1S/C5H12N2/c1-5(2,3)4-7-6/h4H,6H2,1-3H3/b7-4+.